The van der Waals surface area contributed by atoms with Gasteiger partial charge in [0.2, 0.25) is 0 Å². The van der Waals surface area contributed by atoms with E-state index in [4.69, 9.17) is 4.74 Å². The Labute approximate surface area is 97.0 Å². The molecule has 1 atom stereocenters. The van der Waals surface area contributed by atoms with Gasteiger partial charge in [0.25, 0.3) is 0 Å². The largest absolute Gasteiger partial charge is 0.385 e. The van der Waals surface area contributed by atoms with E-state index in [1.54, 1.807) is 0 Å². The first-order valence-corrected chi connectivity index (χ1v) is 6.36. The van der Waals surface area contributed by atoms with Crippen molar-refractivity contribution in [2.45, 2.75) is 25.2 Å². The van der Waals surface area contributed by atoms with Crippen LogP contribution in [-0.4, -0.2) is 19.8 Å². The molecular formula is C14H19NO. The molecule has 0 bridgehead atoms. The highest BCUT2D eigenvalue weighted by Gasteiger charge is 2.28. The number of hydrogen-bond donors (Lipinski definition) is 1. The van der Waals surface area contributed by atoms with Crippen molar-refractivity contribution in [1.82, 2.24) is 0 Å². The van der Waals surface area contributed by atoms with Crippen molar-refractivity contribution in [3.05, 3.63) is 29.8 Å². The van der Waals surface area contributed by atoms with E-state index in [0.717, 1.165) is 31.6 Å². The fourth-order valence-corrected chi connectivity index (χ4v) is 3.11. The van der Waals surface area contributed by atoms with Crippen LogP contribution < -0.4 is 5.32 Å². The number of nitrogens with one attached hydrogen (secondary N) is 1. The van der Waals surface area contributed by atoms with Crippen molar-refractivity contribution in [3.8, 4) is 0 Å². The number of para-hydroxylation sites is 1. The number of rotatable bonds is 1. The van der Waals surface area contributed by atoms with Crippen LogP contribution in [0, 0.1) is 5.92 Å². The van der Waals surface area contributed by atoms with E-state index in [0.29, 0.717) is 0 Å². The van der Waals surface area contributed by atoms with E-state index >= 15 is 0 Å². The molecule has 3 rings (SSSR count). The summed E-state index contributed by atoms with van der Waals surface area (Å²) in [6.45, 7) is 3.03. The zero-order valence-corrected chi connectivity index (χ0v) is 9.61. The molecule has 1 fully saturated rings. The standard InChI is InChI=1S/C14H19NO/c1-2-4-14-13(3-1)12(5-8-15-14)11-6-9-16-10-7-11/h1-4,11-12,15H,5-10H2/t12-/m1/s1. The summed E-state index contributed by atoms with van der Waals surface area (Å²) in [5.41, 5.74) is 2.88. The number of benzene rings is 1. The number of anilines is 1. The summed E-state index contributed by atoms with van der Waals surface area (Å²) in [5.74, 6) is 1.58. The summed E-state index contributed by atoms with van der Waals surface area (Å²) in [6.07, 6.45) is 3.75. The molecule has 2 heterocycles. The van der Waals surface area contributed by atoms with Gasteiger partial charge >= 0.3 is 0 Å². The quantitative estimate of drug-likeness (QED) is 0.780. The minimum atomic E-state index is 0.751. The minimum absolute atomic E-state index is 0.751. The van der Waals surface area contributed by atoms with Crippen molar-refractivity contribution >= 4 is 5.69 Å². The van der Waals surface area contributed by atoms with Crippen LogP contribution in [0.5, 0.6) is 0 Å². The van der Waals surface area contributed by atoms with Gasteiger partial charge in [-0.25, -0.2) is 0 Å². The fraction of sp³-hybridized carbons (Fsp3) is 0.571. The molecule has 0 radical (unpaired) electrons. The van der Waals surface area contributed by atoms with Crippen molar-refractivity contribution in [3.63, 3.8) is 0 Å². The second-order valence-corrected chi connectivity index (χ2v) is 4.86. The maximum Gasteiger partial charge on any atom is 0.0468 e. The Kier molecular flexibility index (Phi) is 2.83. The molecule has 1 saturated heterocycles. The Morgan fingerprint density at radius 2 is 1.88 bits per heavy atom. The van der Waals surface area contributed by atoms with Gasteiger partial charge in [-0.1, -0.05) is 18.2 Å². The molecule has 1 aromatic carbocycles. The monoisotopic (exact) mass is 217 g/mol. The van der Waals surface area contributed by atoms with E-state index in [2.05, 4.69) is 29.6 Å². The Hall–Kier alpha value is -1.02. The van der Waals surface area contributed by atoms with E-state index in [9.17, 15) is 0 Å². The molecule has 2 aliphatic rings. The predicted molar refractivity (Wildman–Crippen MR) is 65.8 cm³/mol. The number of fused-ring (bicyclic) bond motifs is 1. The molecule has 0 aliphatic carbocycles. The first kappa shape index (κ1) is 10.2. The van der Waals surface area contributed by atoms with Crippen molar-refractivity contribution in [2.24, 2.45) is 5.92 Å². The van der Waals surface area contributed by atoms with E-state index in [1.807, 2.05) is 0 Å². The average Bonchev–Trinajstić information content (AvgIpc) is 2.39. The van der Waals surface area contributed by atoms with E-state index in [1.165, 1.54) is 30.5 Å². The van der Waals surface area contributed by atoms with Gasteiger partial charge in [-0.3, -0.25) is 0 Å². The van der Waals surface area contributed by atoms with Crippen LogP contribution in [0.2, 0.25) is 0 Å². The molecule has 0 spiro atoms. The molecule has 0 amide bonds. The highest BCUT2D eigenvalue weighted by atomic mass is 16.5. The molecule has 1 aromatic rings. The van der Waals surface area contributed by atoms with Crippen molar-refractivity contribution in [1.29, 1.82) is 0 Å². The van der Waals surface area contributed by atoms with Crippen molar-refractivity contribution < 1.29 is 4.74 Å². The Balaban J connectivity index is 1.86. The molecule has 2 nitrogen and oxygen atoms in total. The lowest BCUT2D eigenvalue weighted by atomic mass is 9.77. The minimum Gasteiger partial charge on any atom is -0.385 e. The van der Waals surface area contributed by atoms with Crippen LogP contribution >= 0.6 is 0 Å². The summed E-state index contributed by atoms with van der Waals surface area (Å²) < 4.78 is 5.46. The lowest BCUT2D eigenvalue weighted by Gasteiger charge is -2.35. The zero-order valence-electron chi connectivity index (χ0n) is 9.61. The Morgan fingerprint density at radius 3 is 2.75 bits per heavy atom. The van der Waals surface area contributed by atoms with Crippen molar-refractivity contribution in [2.75, 3.05) is 25.1 Å². The normalized spacial score (nSPS) is 25.9. The molecule has 2 aliphatic heterocycles. The van der Waals surface area contributed by atoms with Crippen LogP contribution in [0.25, 0.3) is 0 Å². The third-order valence-electron chi connectivity index (χ3n) is 3.97. The maximum absolute atomic E-state index is 5.46. The van der Waals surface area contributed by atoms with Gasteiger partial charge in [0, 0.05) is 25.4 Å². The number of ether oxygens (including phenoxy) is 1. The van der Waals surface area contributed by atoms with Crippen LogP contribution in [0.4, 0.5) is 5.69 Å². The summed E-state index contributed by atoms with van der Waals surface area (Å²) in [6, 6.07) is 8.79. The molecular weight excluding hydrogens is 198 g/mol. The van der Waals surface area contributed by atoms with E-state index in [-0.39, 0.29) is 0 Å². The molecule has 16 heavy (non-hydrogen) atoms. The van der Waals surface area contributed by atoms with Gasteiger partial charge in [0.05, 0.1) is 0 Å². The molecule has 0 unspecified atom stereocenters. The SMILES string of the molecule is c1ccc2c(c1)NCC[C@@H]2C1CCOCC1. The Bertz CT molecular complexity index is 358. The first-order valence-electron chi connectivity index (χ1n) is 6.36. The highest BCUT2D eigenvalue weighted by molar-refractivity contribution is 5.54. The van der Waals surface area contributed by atoms with Gasteiger partial charge < -0.3 is 10.1 Å². The maximum atomic E-state index is 5.46. The van der Waals surface area contributed by atoms with Gasteiger partial charge in [0.15, 0.2) is 0 Å². The first-order chi connectivity index (χ1) is 7.95. The fourth-order valence-electron chi connectivity index (χ4n) is 3.11. The number of hydrogen-bond acceptors (Lipinski definition) is 2. The van der Waals surface area contributed by atoms with Crippen LogP contribution in [0.3, 0.4) is 0 Å². The molecule has 86 valence electrons. The summed E-state index contributed by atoms with van der Waals surface area (Å²) >= 11 is 0. The summed E-state index contributed by atoms with van der Waals surface area (Å²) in [7, 11) is 0. The van der Waals surface area contributed by atoms with Crippen LogP contribution in [-0.2, 0) is 4.74 Å². The highest BCUT2D eigenvalue weighted by Crippen LogP contribution is 2.40. The second kappa shape index (κ2) is 4.46. The average molecular weight is 217 g/mol. The lowest BCUT2D eigenvalue weighted by molar-refractivity contribution is 0.0568. The summed E-state index contributed by atoms with van der Waals surface area (Å²) in [4.78, 5) is 0. The molecule has 2 heteroatoms. The third-order valence-corrected chi connectivity index (χ3v) is 3.97. The van der Waals surface area contributed by atoms with E-state index < -0.39 is 0 Å². The Morgan fingerprint density at radius 1 is 1.06 bits per heavy atom. The molecule has 0 aromatic heterocycles. The van der Waals surface area contributed by atoms with Crippen LogP contribution in [0.15, 0.2) is 24.3 Å². The third kappa shape index (κ3) is 1.82. The van der Waals surface area contributed by atoms with Gasteiger partial charge in [-0.05, 0) is 42.7 Å². The second-order valence-electron chi connectivity index (χ2n) is 4.86. The topological polar surface area (TPSA) is 21.3 Å². The molecule has 0 saturated carbocycles. The zero-order chi connectivity index (χ0) is 10.8. The predicted octanol–water partition coefficient (Wildman–Crippen LogP) is 3.01. The summed E-state index contributed by atoms with van der Waals surface area (Å²) in [5, 5.41) is 3.50. The molecule has 1 N–H and O–H groups in total. The van der Waals surface area contributed by atoms with Gasteiger partial charge in [-0.15, -0.1) is 0 Å². The van der Waals surface area contributed by atoms with Crippen LogP contribution in [0.1, 0.15) is 30.7 Å². The smallest absolute Gasteiger partial charge is 0.0468 e. The van der Waals surface area contributed by atoms with Gasteiger partial charge in [0.1, 0.15) is 0 Å². The lowest BCUT2D eigenvalue weighted by Crippen LogP contribution is -2.27. The van der Waals surface area contributed by atoms with Gasteiger partial charge in [-0.2, -0.15) is 0 Å².